The van der Waals surface area contributed by atoms with Crippen LogP contribution in [0.2, 0.25) is 0 Å². The summed E-state index contributed by atoms with van der Waals surface area (Å²) in [6.45, 7) is 2.59. The Morgan fingerprint density at radius 3 is 2.44 bits per heavy atom. The van der Waals surface area contributed by atoms with Crippen molar-refractivity contribution < 1.29 is 9.53 Å². The van der Waals surface area contributed by atoms with Gasteiger partial charge in [-0.05, 0) is 44.0 Å². The van der Waals surface area contributed by atoms with Crippen molar-refractivity contribution in [1.29, 1.82) is 0 Å². The third kappa shape index (κ3) is 4.92. The van der Waals surface area contributed by atoms with Crippen LogP contribution < -0.4 is 15.4 Å². The molecule has 0 saturated heterocycles. The maximum Gasteiger partial charge on any atom is 0.254 e. The van der Waals surface area contributed by atoms with Gasteiger partial charge in [-0.3, -0.25) is 4.79 Å². The van der Waals surface area contributed by atoms with Gasteiger partial charge in [-0.1, -0.05) is 19.3 Å². The van der Waals surface area contributed by atoms with E-state index in [1.807, 2.05) is 31.2 Å². The number of hydrogen-bond donors (Lipinski definition) is 2. The number of nitrogens with zero attached hydrogens (tertiary/aromatic N) is 2. The lowest BCUT2D eigenvalue weighted by molar-refractivity contribution is 0.0927. The molecule has 132 valence electrons. The highest BCUT2D eigenvalue weighted by molar-refractivity contribution is 5.93. The molecule has 1 saturated carbocycles. The molecule has 2 N–H and O–H groups in total. The molecule has 25 heavy (non-hydrogen) atoms. The van der Waals surface area contributed by atoms with Crippen molar-refractivity contribution in [3.63, 3.8) is 0 Å². The van der Waals surface area contributed by atoms with Gasteiger partial charge in [0.05, 0.1) is 12.2 Å². The van der Waals surface area contributed by atoms with Gasteiger partial charge in [-0.2, -0.15) is 0 Å². The first kappa shape index (κ1) is 17.2. The summed E-state index contributed by atoms with van der Waals surface area (Å²) in [4.78, 5) is 20.7. The Balaban J connectivity index is 1.56. The number of amides is 1. The van der Waals surface area contributed by atoms with Gasteiger partial charge in [0.1, 0.15) is 5.75 Å². The Bertz CT molecular complexity index is 680. The van der Waals surface area contributed by atoms with Crippen molar-refractivity contribution in [1.82, 2.24) is 15.3 Å². The second-order valence-electron chi connectivity index (χ2n) is 6.19. The largest absolute Gasteiger partial charge is 0.494 e. The van der Waals surface area contributed by atoms with Crippen molar-refractivity contribution in [2.45, 2.75) is 45.1 Å². The number of rotatable bonds is 6. The first-order chi connectivity index (χ1) is 12.2. The van der Waals surface area contributed by atoms with E-state index >= 15 is 0 Å². The Morgan fingerprint density at radius 2 is 1.80 bits per heavy atom. The third-order valence-electron chi connectivity index (χ3n) is 4.28. The molecule has 0 bridgehead atoms. The summed E-state index contributed by atoms with van der Waals surface area (Å²) in [6.07, 6.45) is 8.87. The number of anilines is 2. The second kappa shape index (κ2) is 8.46. The molecule has 0 aliphatic heterocycles. The zero-order valence-corrected chi connectivity index (χ0v) is 14.5. The van der Waals surface area contributed by atoms with Crippen LogP contribution in [-0.4, -0.2) is 28.5 Å². The van der Waals surface area contributed by atoms with Gasteiger partial charge in [-0.15, -0.1) is 0 Å². The number of aromatic nitrogens is 2. The standard InChI is InChI=1S/C19H24N4O2/c1-2-25-17-10-8-16(9-11-17)23-19-20-12-14(13-21-19)18(24)22-15-6-4-3-5-7-15/h8-13,15H,2-7H2,1H3,(H,22,24)(H,20,21,23). The number of carbonyl (C=O) groups is 1. The van der Waals surface area contributed by atoms with E-state index in [1.54, 1.807) is 12.4 Å². The Morgan fingerprint density at radius 1 is 1.12 bits per heavy atom. The highest BCUT2D eigenvalue weighted by Crippen LogP contribution is 2.19. The van der Waals surface area contributed by atoms with Crippen LogP contribution in [0.25, 0.3) is 0 Å². The lowest BCUT2D eigenvalue weighted by atomic mass is 9.95. The van der Waals surface area contributed by atoms with Crippen LogP contribution in [0, 0.1) is 0 Å². The zero-order chi connectivity index (χ0) is 17.5. The van der Waals surface area contributed by atoms with Crippen molar-refractivity contribution >= 4 is 17.5 Å². The molecule has 1 aromatic carbocycles. The van der Waals surface area contributed by atoms with Gasteiger partial charge >= 0.3 is 0 Å². The van der Waals surface area contributed by atoms with Crippen molar-refractivity contribution in [2.75, 3.05) is 11.9 Å². The fraction of sp³-hybridized carbons (Fsp3) is 0.421. The minimum absolute atomic E-state index is 0.0977. The molecule has 0 atom stereocenters. The fourth-order valence-corrected chi connectivity index (χ4v) is 2.96. The van der Waals surface area contributed by atoms with E-state index in [9.17, 15) is 4.79 Å². The predicted octanol–water partition coefficient (Wildman–Crippen LogP) is 3.68. The number of nitrogens with one attached hydrogen (secondary N) is 2. The average Bonchev–Trinajstić information content (AvgIpc) is 2.65. The summed E-state index contributed by atoms with van der Waals surface area (Å²) in [5.74, 6) is 1.18. The molecule has 1 amide bonds. The molecule has 1 aliphatic carbocycles. The summed E-state index contributed by atoms with van der Waals surface area (Å²) >= 11 is 0. The second-order valence-corrected chi connectivity index (χ2v) is 6.19. The van der Waals surface area contributed by atoms with Gasteiger partial charge < -0.3 is 15.4 Å². The number of ether oxygens (including phenoxy) is 1. The van der Waals surface area contributed by atoms with Gasteiger partial charge in [0.25, 0.3) is 5.91 Å². The molecule has 1 aliphatic rings. The van der Waals surface area contributed by atoms with Gasteiger partial charge in [0, 0.05) is 24.1 Å². The molecule has 0 spiro atoms. The average molecular weight is 340 g/mol. The summed E-state index contributed by atoms with van der Waals surface area (Å²) in [7, 11) is 0. The minimum Gasteiger partial charge on any atom is -0.494 e. The highest BCUT2D eigenvalue weighted by Gasteiger charge is 2.17. The molecule has 0 unspecified atom stereocenters. The minimum atomic E-state index is -0.0977. The molecule has 0 radical (unpaired) electrons. The number of benzene rings is 1. The summed E-state index contributed by atoms with van der Waals surface area (Å²) in [6, 6.07) is 7.86. The topological polar surface area (TPSA) is 76.1 Å². The number of carbonyl (C=O) groups excluding carboxylic acids is 1. The summed E-state index contributed by atoms with van der Waals surface area (Å²) < 4.78 is 5.41. The van der Waals surface area contributed by atoms with Crippen LogP contribution in [0.15, 0.2) is 36.7 Å². The highest BCUT2D eigenvalue weighted by atomic mass is 16.5. The van der Waals surface area contributed by atoms with Crippen LogP contribution >= 0.6 is 0 Å². The van der Waals surface area contributed by atoms with E-state index in [4.69, 9.17) is 4.74 Å². The lowest BCUT2D eigenvalue weighted by Crippen LogP contribution is -2.36. The van der Waals surface area contributed by atoms with E-state index in [1.165, 1.54) is 19.3 Å². The summed E-state index contributed by atoms with van der Waals surface area (Å²) in [5.41, 5.74) is 1.35. The van der Waals surface area contributed by atoms with E-state index in [0.29, 0.717) is 18.1 Å². The van der Waals surface area contributed by atoms with E-state index < -0.39 is 0 Å². The molecule has 1 aromatic heterocycles. The molecular formula is C19H24N4O2. The fourth-order valence-electron chi connectivity index (χ4n) is 2.96. The Hall–Kier alpha value is -2.63. The van der Waals surface area contributed by atoms with Crippen molar-refractivity contribution in [2.24, 2.45) is 0 Å². The van der Waals surface area contributed by atoms with E-state index in [-0.39, 0.29) is 11.9 Å². The van der Waals surface area contributed by atoms with E-state index in [2.05, 4.69) is 20.6 Å². The van der Waals surface area contributed by atoms with Crippen LogP contribution in [-0.2, 0) is 0 Å². The van der Waals surface area contributed by atoms with Gasteiger partial charge in [0.15, 0.2) is 0 Å². The van der Waals surface area contributed by atoms with Crippen LogP contribution in [0.1, 0.15) is 49.4 Å². The number of hydrogen-bond acceptors (Lipinski definition) is 5. The van der Waals surface area contributed by atoms with Gasteiger partial charge in [0.2, 0.25) is 5.95 Å². The third-order valence-corrected chi connectivity index (χ3v) is 4.28. The first-order valence-corrected chi connectivity index (χ1v) is 8.87. The Kier molecular flexibility index (Phi) is 5.82. The van der Waals surface area contributed by atoms with Crippen LogP contribution in [0.3, 0.4) is 0 Å². The molecule has 6 nitrogen and oxygen atoms in total. The monoisotopic (exact) mass is 340 g/mol. The molecule has 1 fully saturated rings. The van der Waals surface area contributed by atoms with Crippen molar-refractivity contribution in [3.8, 4) is 5.75 Å². The molecule has 3 rings (SSSR count). The molecule has 2 aromatic rings. The Labute approximate surface area is 148 Å². The maximum atomic E-state index is 12.3. The van der Waals surface area contributed by atoms with E-state index in [0.717, 1.165) is 24.3 Å². The maximum absolute atomic E-state index is 12.3. The zero-order valence-electron chi connectivity index (χ0n) is 14.5. The predicted molar refractivity (Wildman–Crippen MR) is 97.3 cm³/mol. The molecular weight excluding hydrogens is 316 g/mol. The van der Waals surface area contributed by atoms with Crippen LogP contribution in [0.5, 0.6) is 5.75 Å². The van der Waals surface area contributed by atoms with Gasteiger partial charge in [-0.25, -0.2) is 9.97 Å². The molecule has 6 heteroatoms. The smallest absolute Gasteiger partial charge is 0.254 e. The molecule has 1 heterocycles. The van der Waals surface area contributed by atoms with Crippen LogP contribution in [0.4, 0.5) is 11.6 Å². The van der Waals surface area contributed by atoms with Crippen molar-refractivity contribution in [3.05, 3.63) is 42.2 Å². The SMILES string of the molecule is CCOc1ccc(Nc2ncc(C(=O)NC3CCCCC3)cn2)cc1. The first-order valence-electron chi connectivity index (χ1n) is 8.87. The normalized spacial score (nSPS) is 14.8. The lowest BCUT2D eigenvalue weighted by Gasteiger charge is -2.22. The summed E-state index contributed by atoms with van der Waals surface area (Å²) in [5, 5.41) is 6.18. The quantitative estimate of drug-likeness (QED) is 0.839.